The zero-order chi connectivity index (χ0) is 21.2. The van der Waals surface area contributed by atoms with Crippen LogP contribution in [0.3, 0.4) is 0 Å². The van der Waals surface area contributed by atoms with E-state index in [0.717, 1.165) is 12.3 Å². The molecule has 3 nitrogen and oxygen atoms in total. The molecule has 0 aliphatic rings. The van der Waals surface area contributed by atoms with Gasteiger partial charge in [-0.2, -0.15) is 26.3 Å². The summed E-state index contributed by atoms with van der Waals surface area (Å²) in [6, 6.07) is 11.4. The van der Waals surface area contributed by atoms with Gasteiger partial charge < -0.3 is 5.32 Å². The minimum atomic E-state index is -4.82. The highest BCUT2D eigenvalue weighted by Gasteiger charge is 2.36. The number of benzene rings is 2. The molecule has 0 aliphatic heterocycles. The van der Waals surface area contributed by atoms with Crippen LogP contribution >= 0.6 is 0 Å². The molecule has 1 aromatic heterocycles. The Hall–Kier alpha value is -3.36. The zero-order valence-corrected chi connectivity index (χ0v) is 14.5. The highest BCUT2D eigenvalue weighted by Crippen LogP contribution is 2.39. The predicted molar refractivity (Wildman–Crippen MR) is 94.1 cm³/mol. The van der Waals surface area contributed by atoms with Crippen molar-refractivity contribution in [3.05, 3.63) is 83.7 Å². The number of nitrogens with zero attached hydrogens (tertiary/aromatic N) is 1. The maximum Gasteiger partial charge on any atom is 0.417 e. The molecule has 29 heavy (non-hydrogen) atoms. The Labute approximate surface area is 161 Å². The number of nitrogens with one attached hydrogen (secondary N) is 1. The van der Waals surface area contributed by atoms with Crippen LogP contribution < -0.4 is 5.32 Å². The van der Waals surface area contributed by atoms with Gasteiger partial charge >= 0.3 is 12.4 Å². The average Bonchev–Trinajstić information content (AvgIpc) is 2.67. The first-order chi connectivity index (χ1) is 13.6. The standard InChI is InChI=1S/C20H12F6N2O/c21-19(22,23)16-8-9-27-11-15(16)18(29)28-13-6-7-14(12-4-2-1-3-5-12)17(10-13)20(24,25)26/h1-11H,(H,28,29). The second-order valence-electron chi connectivity index (χ2n) is 6.00. The molecule has 3 aromatic rings. The Bertz CT molecular complexity index is 1030. The van der Waals surface area contributed by atoms with E-state index >= 15 is 0 Å². The van der Waals surface area contributed by atoms with Gasteiger partial charge in [-0.05, 0) is 29.3 Å². The summed E-state index contributed by atoms with van der Waals surface area (Å²) in [5.74, 6) is -1.22. The lowest BCUT2D eigenvalue weighted by Gasteiger charge is -2.16. The predicted octanol–water partition coefficient (Wildman–Crippen LogP) is 6.04. The molecule has 1 N–H and O–H groups in total. The first-order valence-electron chi connectivity index (χ1n) is 8.16. The van der Waals surface area contributed by atoms with Gasteiger partial charge in [0.1, 0.15) is 0 Å². The molecule has 3 rings (SSSR count). The van der Waals surface area contributed by atoms with E-state index in [2.05, 4.69) is 10.3 Å². The van der Waals surface area contributed by atoms with Gasteiger partial charge in [-0.1, -0.05) is 36.4 Å². The fourth-order valence-electron chi connectivity index (χ4n) is 2.75. The van der Waals surface area contributed by atoms with Crippen molar-refractivity contribution in [1.29, 1.82) is 0 Å². The number of pyridine rings is 1. The summed E-state index contributed by atoms with van der Waals surface area (Å²) in [5, 5.41) is 2.08. The number of carbonyl (C=O) groups excluding carboxylic acids is 1. The molecule has 0 atom stereocenters. The molecule has 0 spiro atoms. The maximum absolute atomic E-state index is 13.5. The molecule has 0 aliphatic carbocycles. The molecule has 0 unspecified atom stereocenters. The van der Waals surface area contributed by atoms with E-state index in [9.17, 15) is 31.1 Å². The van der Waals surface area contributed by atoms with Crippen LogP contribution in [-0.2, 0) is 12.4 Å². The minimum Gasteiger partial charge on any atom is -0.322 e. The van der Waals surface area contributed by atoms with E-state index in [-0.39, 0.29) is 11.3 Å². The van der Waals surface area contributed by atoms with Crippen molar-refractivity contribution in [2.24, 2.45) is 0 Å². The first-order valence-corrected chi connectivity index (χ1v) is 8.16. The molecule has 0 saturated carbocycles. The summed E-state index contributed by atoms with van der Waals surface area (Å²) in [6.45, 7) is 0. The normalized spacial score (nSPS) is 11.9. The molecular formula is C20H12F6N2O. The van der Waals surface area contributed by atoms with E-state index < -0.39 is 35.0 Å². The Morgan fingerprint density at radius 1 is 0.828 bits per heavy atom. The SMILES string of the molecule is O=C(Nc1ccc(-c2ccccc2)c(C(F)(F)F)c1)c1cnccc1C(F)(F)F. The molecule has 0 fully saturated rings. The van der Waals surface area contributed by atoms with Gasteiger partial charge in [0.15, 0.2) is 0 Å². The summed E-state index contributed by atoms with van der Waals surface area (Å²) >= 11 is 0. The lowest BCUT2D eigenvalue weighted by molar-refractivity contribution is -0.138. The van der Waals surface area contributed by atoms with Crippen LogP contribution in [0.15, 0.2) is 67.0 Å². The van der Waals surface area contributed by atoms with Gasteiger partial charge in [-0.3, -0.25) is 9.78 Å². The number of carbonyl (C=O) groups is 1. The van der Waals surface area contributed by atoms with Gasteiger partial charge in [0.25, 0.3) is 5.91 Å². The summed E-state index contributed by atoms with van der Waals surface area (Å²) in [6.07, 6.45) is -7.97. The number of aromatic nitrogens is 1. The molecule has 2 aromatic carbocycles. The van der Waals surface area contributed by atoms with Crippen molar-refractivity contribution < 1.29 is 31.1 Å². The van der Waals surface area contributed by atoms with E-state index in [4.69, 9.17) is 0 Å². The molecule has 0 bridgehead atoms. The van der Waals surface area contributed by atoms with Crippen LogP contribution in [0, 0.1) is 0 Å². The van der Waals surface area contributed by atoms with Crippen molar-refractivity contribution in [2.45, 2.75) is 12.4 Å². The third kappa shape index (κ3) is 4.56. The largest absolute Gasteiger partial charge is 0.417 e. The van der Waals surface area contributed by atoms with Crippen LogP contribution in [0.2, 0.25) is 0 Å². The van der Waals surface area contributed by atoms with E-state index in [1.54, 1.807) is 18.2 Å². The van der Waals surface area contributed by atoms with Crippen LogP contribution in [-0.4, -0.2) is 10.9 Å². The topological polar surface area (TPSA) is 42.0 Å². The Morgan fingerprint density at radius 2 is 1.48 bits per heavy atom. The lowest BCUT2D eigenvalue weighted by Crippen LogP contribution is -2.19. The van der Waals surface area contributed by atoms with Gasteiger partial charge in [0.05, 0.1) is 16.7 Å². The molecule has 9 heteroatoms. The van der Waals surface area contributed by atoms with Crippen LogP contribution in [0.5, 0.6) is 0 Å². The number of alkyl halides is 6. The monoisotopic (exact) mass is 410 g/mol. The van der Waals surface area contributed by atoms with Crippen molar-refractivity contribution >= 4 is 11.6 Å². The lowest BCUT2D eigenvalue weighted by atomic mass is 9.98. The van der Waals surface area contributed by atoms with Gasteiger partial charge in [-0.25, -0.2) is 0 Å². The molecule has 0 saturated heterocycles. The van der Waals surface area contributed by atoms with Crippen molar-refractivity contribution in [1.82, 2.24) is 4.98 Å². The summed E-state index contributed by atoms with van der Waals surface area (Å²) in [4.78, 5) is 15.8. The number of rotatable bonds is 3. The van der Waals surface area contributed by atoms with Crippen molar-refractivity contribution in [3.63, 3.8) is 0 Å². The Morgan fingerprint density at radius 3 is 2.10 bits per heavy atom. The third-order valence-electron chi connectivity index (χ3n) is 4.04. The first kappa shape index (κ1) is 20.4. The number of halogens is 6. The maximum atomic E-state index is 13.5. The summed E-state index contributed by atoms with van der Waals surface area (Å²) in [5.41, 5.74) is -3.15. The molecule has 150 valence electrons. The van der Waals surface area contributed by atoms with Gasteiger partial charge in [-0.15, -0.1) is 0 Å². The average molecular weight is 410 g/mol. The third-order valence-corrected chi connectivity index (χ3v) is 4.04. The summed E-state index contributed by atoms with van der Waals surface area (Å²) < 4.78 is 79.7. The van der Waals surface area contributed by atoms with Crippen molar-refractivity contribution in [3.8, 4) is 11.1 Å². The number of hydrogen-bond donors (Lipinski definition) is 1. The smallest absolute Gasteiger partial charge is 0.322 e. The molecule has 0 radical (unpaired) electrons. The van der Waals surface area contributed by atoms with Gasteiger partial charge in [0, 0.05) is 18.1 Å². The van der Waals surface area contributed by atoms with E-state index in [1.807, 2.05) is 0 Å². The highest BCUT2D eigenvalue weighted by molar-refractivity contribution is 6.05. The second-order valence-corrected chi connectivity index (χ2v) is 6.00. The van der Waals surface area contributed by atoms with Crippen LogP contribution in [0.4, 0.5) is 32.0 Å². The fourth-order valence-corrected chi connectivity index (χ4v) is 2.75. The quantitative estimate of drug-likeness (QED) is 0.535. The van der Waals surface area contributed by atoms with Crippen molar-refractivity contribution in [2.75, 3.05) is 5.32 Å². The molecular weight excluding hydrogens is 398 g/mol. The van der Waals surface area contributed by atoms with E-state index in [0.29, 0.717) is 23.9 Å². The highest BCUT2D eigenvalue weighted by atomic mass is 19.4. The van der Waals surface area contributed by atoms with Gasteiger partial charge in [0.2, 0.25) is 0 Å². The summed E-state index contributed by atoms with van der Waals surface area (Å²) in [7, 11) is 0. The van der Waals surface area contributed by atoms with Crippen LogP contribution in [0.25, 0.3) is 11.1 Å². The zero-order valence-electron chi connectivity index (χ0n) is 14.5. The minimum absolute atomic E-state index is 0.117. The Balaban J connectivity index is 1.98. The van der Waals surface area contributed by atoms with Crippen LogP contribution in [0.1, 0.15) is 21.5 Å². The van der Waals surface area contributed by atoms with E-state index in [1.165, 1.54) is 18.2 Å². The molecule has 1 heterocycles. The number of anilines is 1. The fraction of sp³-hybridized carbons (Fsp3) is 0.100. The Kier molecular flexibility index (Phi) is 5.32. The number of amides is 1. The second kappa shape index (κ2) is 7.57. The molecule has 1 amide bonds. The number of hydrogen-bond acceptors (Lipinski definition) is 2.